The van der Waals surface area contributed by atoms with E-state index in [0.717, 1.165) is 0 Å². The van der Waals surface area contributed by atoms with Crippen molar-refractivity contribution in [2.24, 2.45) is 0 Å². The van der Waals surface area contributed by atoms with Crippen molar-refractivity contribution in [3.8, 4) is 5.75 Å². The van der Waals surface area contributed by atoms with E-state index in [4.69, 9.17) is 4.74 Å². The van der Waals surface area contributed by atoms with E-state index in [1.54, 1.807) is 24.3 Å². The molecule has 0 aliphatic carbocycles. The summed E-state index contributed by atoms with van der Waals surface area (Å²) in [4.78, 5) is 10.9. The molecule has 0 unspecified atom stereocenters. The van der Waals surface area contributed by atoms with Gasteiger partial charge in [-0.25, -0.2) is 4.79 Å². The predicted molar refractivity (Wildman–Crippen MR) is 53.3 cm³/mol. The molecule has 0 aromatic heterocycles. The molecule has 0 spiro atoms. The van der Waals surface area contributed by atoms with E-state index in [9.17, 15) is 4.79 Å². The minimum Gasteiger partial charge on any atom is -1.00 e. The molecule has 1 aromatic rings. The van der Waals surface area contributed by atoms with E-state index in [1.807, 2.05) is 6.07 Å². The molecule has 0 saturated heterocycles. The Kier molecular flexibility index (Phi) is 9.26. The molecular formula is C9H10BrKO3. The van der Waals surface area contributed by atoms with Crippen LogP contribution >= 0.6 is 15.9 Å². The van der Waals surface area contributed by atoms with Gasteiger partial charge < -0.3 is 10.9 Å². The van der Waals surface area contributed by atoms with Crippen LogP contribution in [-0.2, 0) is 4.74 Å². The zero-order valence-corrected chi connectivity index (χ0v) is 12.6. The van der Waals surface area contributed by atoms with Crippen molar-refractivity contribution in [1.29, 1.82) is 0 Å². The molecule has 0 bridgehead atoms. The predicted octanol–water partition coefficient (Wildman–Crippen LogP) is -0.287. The van der Waals surface area contributed by atoms with Crippen molar-refractivity contribution in [1.82, 2.24) is 0 Å². The van der Waals surface area contributed by atoms with Crippen LogP contribution in [0.25, 0.3) is 0 Å². The Hall–Kier alpha value is 0.606. The summed E-state index contributed by atoms with van der Waals surface area (Å²) < 4.78 is 9.52. The van der Waals surface area contributed by atoms with E-state index in [-0.39, 0.29) is 52.8 Å². The van der Waals surface area contributed by atoms with Crippen molar-refractivity contribution >= 4 is 22.1 Å². The van der Waals surface area contributed by atoms with Crippen LogP contribution in [0.5, 0.6) is 5.75 Å². The normalized spacial score (nSPS) is 8.64. The van der Waals surface area contributed by atoms with Gasteiger partial charge in [-0.15, -0.1) is 0 Å². The molecule has 3 nitrogen and oxygen atoms in total. The van der Waals surface area contributed by atoms with Gasteiger partial charge in [0.25, 0.3) is 0 Å². The first-order chi connectivity index (χ1) is 6.33. The number of hydrogen-bond acceptors (Lipinski definition) is 3. The molecule has 0 heterocycles. The number of carbonyl (C=O) groups excluding carboxylic acids is 1. The fourth-order valence-electron chi connectivity index (χ4n) is 0.736. The number of para-hydroxylation sites is 1. The van der Waals surface area contributed by atoms with Gasteiger partial charge in [0.1, 0.15) is 12.4 Å². The van der Waals surface area contributed by atoms with Gasteiger partial charge in [0, 0.05) is 5.33 Å². The van der Waals surface area contributed by atoms with Crippen molar-refractivity contribution in [3.05, 3.63) is 30.3 Å². The Labute approximate surface area is 135 Å². The zero-order chi connectivity index (χ0) is 9.52. The number of hydrogen-bond donors (Lipinski definition) is 0. The van der Waals surface area contributed by atoms with Gasteiger partial charge in [-0.1, -0.05) is 34.1 Å². The van der Waals surface area contributed by atoms with E-state index in [0.29, 0.717) is 17.7 Å². The zero-order valence-electron chi connectivity index (χ0n) is 8.90. The van der Waals surface area contributed by atoms with Gasteiger partial charge in [0.15, 0.2) is 0 Å². The van der Waals surface area contributed by atoms with Crippen LogP contribution in [0.1, 0.15) is 1.43 Å². The third-order valence-corrected chi connectivity index (χ3v) is 1.57. The molecule has 0 saturated carbocycles. The van der Waals surface area contributed by atoms with E-state index >= 15 is 0 Å². The molecule has 0 fully saturated rings. The summed E-state index contributed by atoms with van der Waals surface area (Å²) >= 11 is 3.13. The summed E-state index contributed by atoms with van der Waals surface area (Å²) in [5, 5.41) is 0.608. The maximum absolute atomic E-state index is 10.9. The molecule has 5 heteroatoms. The first kappa shape index (κ1) is 14.6. The van der Waals surface area contributed by atoms with E-state index < -0.39 is 6.16 Å². The van der Waals surface area contributed by atoms with Crippen LogP contribution in [0.4, 0.5) is 4.79 Å². The third kappa shape index (κ3) is 6.16. The Morgan fingerprint density at radius 3 is 2.57 bits per heavy atom. The SMILES string of the molecule is O=C(OCCBr)Oc1ccccc1.[H-].[K+]. The van der Waals surface area contributed by atoms with Gasteiger partial charge in [0.05, 0.1) is 0 Å². The second-order valence-electron chi connectivity index (χ2n) is 2.20. The second kappa shape index (κ2) is 8.88. The standard InChI is InChI=1S/C9H9BrO3.K.H/c10-6-7-12-9(11)13-8-4-2-1-3-5-8;;/h1-5H,6-7H2;;/q;+1;-1. The second-order valence-corrected chi connectivity index (χ2v) is 3.00. The van der Waals surface area contributed by atoms with Crippen molar-refractivity contribution in [2.45, 2.75) is 0 Å². The molecule has 0 amide bonds. The Bertz CT molecular complexity index is 271. The minimum atomic E-state index is -0.675. The van der Waals surface area contributed by atoms with Gasteiger partial charge in [-0.2, -0.15) is 0 Å². The Balaban J connectivity index is 0. The van der Waals surface area contributed by atoms with Crippen molar-refractivity contribution in [2.75, 3.05) is 11.9 Å². The van der Waals surface area contributed by atoms with Gasteiger partial charge in [-0.05, 0) is 12.1 Å². The number of rotatable bonds is 3. The van der Waals surface area contributed by atoms with Gasteiger partial charge in [0.2, 0.25) is 0 Å². The largest absolute Gasteiger partial charge is 1.00 e. The summed E-state index contributed by atoms with van der Waals surface area (Å²) in [6, 6.07) is 8.79. The maximum Gasteiger partial charge on any atom is 1.00 e. The number of halogens is 1. The van der Waals surface area contributed by atoms with E-state index in [2.05, 4.69) is 20.7 Å². The van der Waals surface area contributed by atoms with Crippen LogP contribution in [0.2, 0.25) is 0 Å². The van der Waals surface area contributed by atoms with Crippen LogP contribution < -0.4 is 56.1 Å². The molecule has 0 aliphatic heterocycles. The van der Waals surface area contributed by atoms with Gasteiger partial charge >= 0.3 is 57.5 Å². The molecule has 0 N–H and O–H groups in total. The van der Waals surface area contributed by atoms with Crippen LogP contribution in [-0.4, -0.2) is 18.1 Å². The molecule has 1 aromatic carbocycles. The summed E-state index contributed by atoms with van der Waals surface area (Å²) in [5.41, 5.74) is 0. The summed E-state index contributed by atoms with van der Waals surface area (Å²) in [7, 11) is 0. The van der Waals surface area contributed by atoms with Crippen LogP contribution in [0.15, 0.2) is 30.3 Å². The monoisotopic (exact) mass is 284 g/mol. The number of benzene rings is 1. The third-order valence-electron chi connectivity index (χ3n) is 1.24. The Morgan fingerprint density at radius 2 is 2.00 bits per heavy atom. The average Bonchev–Trinajstić information content (AvgIpc) is 2.16. The molecule has 72 valence electrons. The molecule has 0 aliphatic rings. The smallest absolute Gasteiger partial charge is 1.00 e. The maximum atomic E-state index is 10.9. The first-order valence-corrected chi connectivity index (χ1v) is 4.90. The fraction of sp³-hybridized carbons (Fsp3) is 0.222. The Morgan fingerprint density at radius 1 is 1.36 bits per heavy atom. The summed E-state index contributed by atoms with van der Waals surface area (Å²) in [6.45, 7) is 0.311. The van der Waals surface area contributed by atoms with Crippen molar-refractivity contribution in [3.63, 3.8) is 0 Å². The summed E-state index contributed by atoms with van der Waals surface area (Å²) in [5.74, 6) is 0.488. The molecular weight excluding hydrogens is 275 g/mol. The molecule has 0 atom stereocenters. The molecule has 1 rings (SSSR count). The molecule has 0 radical (unpaired) electrons. The van der Waals surface area contributed by atoms with Crippen LogP contribution in [0, 0.1) is 0 Å². The number of alkyl halides is 1. The van der Waals surface area contributed by atoms with Crippen LogP contribution in [0.3, 0.4) is 0 Å². The average molecular weight is 285 g/mol. The molecule has 14 heavy (non-hydrogen) atoms. The van der Waals surface area contributed by atoms with E-state index in [1.165, 1.54) is 0 Å². The van der Waals surface area contributed by atoms with Gasteiger partial charge in [-0.3, -0.25) is 0 Å². The minimum absolute atomic E-state index is 0. The number of carbonyl (C=O) groups is 1. The quantitative estimate of drug-likeness (QED) is 0.331. The first-order valence-electron chi connectivity index (χ1n) is 3.78. The summed E-state index contributed by atoms with van der Waals surface area (Å²) in [6.07, 6.45) is -0.675. The van der Waals surface area contributed by atoms with Crippen molar-refractivity contribution < 1.29 is 67.1 Å². The fourth-order valence-corrected chi connectivity index (χ4v) is 0.898. The topological polar surface area (TPSA) is 35.5 Å². The number of ether oxygens (including phenoxy) is 2.